The molecule has 0 saturated heterocycles. The van der Waals surface area contributed by atoms with Crippen LogP contribution in [0.4, 0.5) is 0 Å². The Balaban J connectivity index is 2.17. The quantitative estimate of drug-likeness (QED) is 0.816. The van der Waals surface area contributed by atoms with Crippen LogP contribution >= 0.6 is 0 Å². The van der Waals surface area contributed by atoms with E-state index in [0.717, 1.165) is 12.2 Å². The lowest BCUT2D eigenvalue weighted by Gasteiger charge is -2.15. The van der Waals surface area contributed by atoms with Crippen molar-refractivity contribution < 1.29 is 14.6 Å². The number of carboxylic acids is 1. The number of carbonyl (C=O) groups is 1. The summed E-state index contributed by atoms with van der Waals surface area (Å²) in [6, 6.07) is 15.9. The van der Waals surface area contributed by atoms with Crippen molar-refractivity contribution in [2.75, 3.05) is 6.54 Å². The van der Waals surface area contributed by atoms with Crippen molar-refractivity contribution in [2.45, 2.75) is 19.4 Å². The summed E-state index contributed by atoms with van der Waals surface area (Å²) in [5.74, 6) is 0.464. The molecular weight excluding hydrogens is 266 g/mol. The highest BCUT2D eigenvalue weighted by Gasteiger charge is 2.19. The number of ether oxygens (including phenoxy) is 1. The first-order chi connectivity index (χ1) is 10.2. The van der Waals surface area contributed by atoms with Gasteiger partial charge in [0.05, 0.1) is 0 Å². The van der Waals surface area contributed by atoms with E-state index in [9.17, 15) is 9.90 Å². The van der Waals surface area contributed by atoms with E-state index in [1.54, 1.807) is 18.2 Å². The molecule has 0 heterocycles. The molecule has 0 aliphatic rings. The van der Waals surface area contributed by atoms with Crippen LogP contribution in [0, 0.1) is 0 Å². The van der Waals surface area contributed by atoms with Crippen LogP contribution in [0.1, 0.15) is 24.9 Å². The Labute approximate surface area is 124 Å². The van der Waals surface area contributed by atoms with Crippen LogP contribution < -0.4 is 10.1 Å². The van der Waals surface area contributed by atoms with Gasteiger partial charge in [-0.25, -0.2) is 0 Å². The van der Waals surface area contributed by atoms with Gasteiger partial charge in [0, 0.05) is 0 Å². The fourth-order valence-electron chi connectivity index (χ4n) is 2.02. The maximum atomic E-state index is 11.4. The molecule has 0 spiro atoms. The molecule has 2 aromatic rings. The summed E-state index contributed by atoms with van der Waals surface area (Å²) in [6.45, 7) is 2.65. The van der Waals surface area contributed by atoms with Gasteiger partial charge in [0.15, 0.2) is 0 Å². The van der Waals surface area contributed by atoms with Crippen molar-refractivity contribution in [2.24, 2.45) is 0 Å². The Kier molecular flexibility index (Phi) is 5.35. The monoisotopic (exact) mass is 285 g/mol. The molecule has 4 heteroatoms. The van der Waals surface area contributed by atoms with E-state index in [4.69, 9.17) is 4.74 Å². The topological polar surface area (TPSA) is 58.6 Å². The second kappa shape index (κ2) is 7.45. The SMILES string of the molecule is CCCNC(C(=O)O)c1cccc(Oc2ccccc2)c1. The van der Waals surface area contributed by atoms with Gasteiger partial charge < -0.3 is 15.2 Å². The van der Waals surface area contributed by atoms with E-state index in [0.29, 0.717) is 17.9 Å². The third-order valence-corrected chi connectivity index (χ3v) is 3.02. The number of benzene rings is 2. The molecule has 0 aliphatic carbocycles. The van der Waals surface area contributed by atoms with Gasteiger partial charge in [-0.15, -0.1) is 0 Å². The molecular formula is C17H19NO3. The number of para-hydroxylation sites is 1. The van der Waals surface area contributed by atoms with E-state index in [-0.39, 0.29) is 0 Å². The average molecular weight is 285 g/mol. The van der Waals surface area contributed by atoms with Crippen molar-refractivity contribution in [3.8, 4) is 11.5 Å². The van der Waals surface area contributed by atoms with Gasteiger partial charge in [0.1, 0.15) is 17.5 Å². The average Bonchev–Trinajstić information content (AvgIpc) is 2.49. The second-order valence-corrected chi connectivity index (χ2v) is 4.71. The normalized spacial score (nSPS) is 11.9. The lowest BCUT2D eigenvalue weighted by molar-refractivity contribution is -0.139. The molecule has 1 atom stereocenters. The van der Waals surface area contributed by atoms with E-state index in [1.165, 1.54) is 0 Å². The number of carboxylic acid groups (broad SMARTS) is 1. The largest absolute Gasteiger partial charge is 0.480 e. The first-order valence-corrected chi connectivity index (χ1v) is 6.99. The summed E-state index contributed by atoms with van der Waals surface area (Å²) in [4.78, 5) is 11.4. The van der Waals surface area contributed by atoms with Crippen LogP contribution in [0.2, 0.25) is 0 Å². The zero-order valence-electron chi connectivity index (χ0n) is 12.0. The standard InChI is InChI=1S/C17H19NO3/c1-2-11-18-16(17(19)20)13-7-6-10-15(12-13)21-14-8-4-3-5-9-14/h3-10,12,16,18H,2,11H2,1H3,(H,19,20). The van der Waals surface area contributed by atoms with Crippen LogP contribution in [-0.4, -0.2) is 17.6 Å². The molecule has 2 rings (SSSR count). The molecule has 2 N–H and O–H groups in total. The minimum absolute atomic E-state index is 0.628. The highest BCUT2D eigenvalue weighted by molar-refractivity contribution is 5.75. The van der Waals surface area contributed by atoms with Gasteiger partial charge in [-0.2, -0.15) is 0 Å². The Hall–Kier alpha value is -2.33. The number of nitrogens with one attached hydrogen (secondary N) is 1. The van der Waals surface area contributed by atoms with Crippen molar-refractivity contribution >= 4 is 5.97 Å². The summed E-state index contributed by atoms with van der Waals surface area (Å²) in [6.07, 6.45) is 0.879. The molecule has 2 aromatic carbocycles. The zero-order valence-corrected chi connectivity index (χ0v) is 12.0. The Morgan fingerprint density at radius 1 is 1.14 bits per heavy atom. The second-order valence-electron chi connectivity index (χ2n) is 4.71. The van der Waals surface area contributed by atoms with Crippen LogP contribution in [-0.2, 0) is 4.79 Å². The van der Waals surface area contributed by atoms with E-state index >= 15 is 0 Å². The van der Waals surface area contributed by atoms with Gasteiger partial charge in [0.25, 0.3) is 0 Å². The summed E-state index contributed by atoms with van der Waals surface area (Å²) in [7, 11) is 0. The Morgan fingerprint density at radius 2 is 1.86 bits per heavy atom. The molecule has 0 saturated carbocycles. The predicted octanol–water partition coefficient (Wildman–Crippen LogP) is 3.60. The molecule has 21 heavy (non-hydrogen) atoms. The van der Waals surface area contributed by atoms with Gasteiger partial charge in [0.2, 0.25) is 0 Å². The maximum absolute atomic E-state index is 11.4. The number of aliphatic carboxylic acids is 1. The first kappa shape index (κ1) is 15.1. The lowest BCUT2D eigenvalue weighted by Crippen LogP contribution is -2.29. The highest BCUT2D eigenvalue weighted by atomic mass is 16.5. The van der Waals surface area contributed by atoms with E-state index < -0.39 is 12.0 Å². The molecule has 1 unspecified atom stereocenters. The van der Waals surface area contributed by atoms with Crippen LogP contribution in [0.15, 0.2) is 54.6 Å². The van der Waals surface area contributed by atoms with Gasteiger partial charge >= 0.3 is 5.97 Å². The van der Waals surface area contributed by atoms with Crippen molar-refractivity contribution in [3.63, 3.8) is 0 Å². The smallest absolute Gasteiger partial charge is 0.325 e. The minimum Gasteiger partial charge on any atom is -0.480 e. The maximum Gasteiger partial charge on any atom is 0.325 e. The molecule has 110 valence electrons. The molecule has 0 bridgehead atoms. The Morgan fingerprint density at radius 3 is 2.52 bits per heavy atom. The lowest BCUT2D eigenvalue weighted by atomic mass is 10.1. The molecule has 0 radical (unpaired) electrons. The predicted molar refractivity (Wildman–Crippen MR) is 81.6 cm³/mol. The van der Waals surface area contributed by atoms with E-state index in [1.807, 2.05) is 43.3 Å². The fraction of sp³-hybridized carbons (Fsp3) is 0.235. The van der Waals surface area contributed by atoms with Gasteiger partial charge in [-0.1, -0.05) is 37.3 Å². The summed E-state index contributed by atoms with van der Waals surface area (Å²) in [5, 5.41) is 12.4. The Bertz CT molecular complexity index is 584. The van der Waals surface area contributed by atoms with Gasteiger partial charge in [-0.3, -0.25) is 4.79 Å². The number of hydrogen-bond acceptors (Lipinski definition) is 3. The van der Waals surface area contributed by atoms with Crippen LogP contribution in [0.3, 0.4) is 0 Å². The van der Waals surface area contributed by atoms with Crippen LogP contribution in [0.25, 0.3) is 0 Å². The number of rotatable bonds is 7. The van der Waals surface area contributed by atoms with Crippen molar-refractivity contribution in [3.05, 3.63) is 60.2 Å². The minimum atomic E-state index is -0.889. The van der Waals surface area contributed by atoms with Crippen molar-refractivity contribution in [1.82, 2.24) is 5.32 Å². The third-order valence-electron chi connectivity index (χ3n) is 3.02. The first-order valence-electron chi connectivity index (χ1n) is 6.99. The summed E-state index contributed by atoms with van der Waals surface area (Å²) in [5.41, 5.74) is 0.685. The molecule has 0 aliphatic heterocycles. The summed E-state index contributed by atoms with van der Waals surface area (Å²) >= 11 is 0. The highest BCUT2D eigenvalue weighted by Crippen LogP contribution is 2.24. The molecule has 4 nitrogen and oxygen atoms in total. The zero-order chi connectivity index (χ0) is 15.1. The molecule has 0 amide bonds. The van der Waals surface area contributed by atoms with E-state index in [2.05, 4.69) is 5.32 Å². The molecule has 0 aromatic heterocycles. The van der Waals surface area contributed by atoms with Crippen molar-refractivity contribution in [1.29, 1.82) is 0 Å². The summed E-state index contributed by atoms with van der Waals surface area (Å²) < 4.78 is 5.73. The molecule has 0 fully saturated rings. The number of hydrogen-bond donors (Lipinski definition) is 2. The third kappa shape index (κ3) is 4.33. The fourth-order valence-corrected chi connectivity index (χ4v) is 2.02. The van der Waals surface area contributed by atoms with Gasteiger partial charge in [-0.05, 0) is 42.8 Å². The van der Waals surface area contributed by atoms with Crippen LogP contribution in [0.5, 0.6) is 11.5 Å².